The minimum atomic E-state index is -0.519. The van der Waals surface area contributed by atoms with Gasteiger partial charge in [-0.05, 0) is 23.6 Å². The topological polar surface area (TPSA) is 61.0 Å². The van der Waals surface area contributed by atoms with Crippen LogP contribution < -0.4 is 0 Å². The minimum Gasteiger partial charge on any atom is -0.258 e. The van der Waals surface area contributed by atoms with Gasteiger partial charge in [0, 0.05) is 6.42 Å². The third-order valence-electron chi connectivity index (χ3n) is 2.94. The molecule has 0 saturated carbocycles. The van der Waals surface area contributed by atoms with Crippen molar-refractivity contribution in [3.63, 3.8) is 0 Å². The van der Waals surface area contributed by atoms with Gasteiger partial charge in [0.15, 0.2) is 0 Å². The summed E-state index contributed by atoms with van der Waals surface area (Å²) in [5, 5.41) is 15.3. The summed E-state index contributed by atoms with van der Waals surface area (Å²) in [5.74, 6) is -0.148. The van der Waals surface area contributed by atoms with Crippen LogP contribution in [-0.2, 0) is 13.0 Å². The second kappa shape index (κ2) is 6.22. The highest BCUT2D eigenvalue weighted by Crippen LogP contribution is 2.30. The highest BCUT2D eigenvalue weighted by molar-refractivity contribution is 6.31. The molecule has 5 nitrogen and oxygen atoms in total. The van der Waals surface area contributed by atoms with E-state index in [0.29, 0.717) is 17.7 Å². The first-order valence-electron chi connectivity index (χ1n) is 6.52. The zero-order valence-corrected chi connectivity index (χ0v) is 12.5. The number of rotatable bonds is 5. The molecule has 0 aliphatic rings. The number of benzene rings is 1. The molecule has 0 aliphatic heterocycles. The van der Waals surface area contributed by atoms with Gasteiger partial charge in [0.05, 0.1) is 11.5 Å². The van der Waals surface area contributed by atoms with Crippen LogP contribution in [0.15, 0.2) is 24.3 Å². The second-order valence-corrected chi connectivity index (χ2v) is 5.59. The Morgan fingerprint density at radius 3 is 2.76 bits per heavy atom. The molecule has 0 atom stereocenters. The first kappa shape index (κ1) is 15.4. The van der Waals surface area contributed by atoms with Gasteiger partial charge in [-0.3, -0.25) is 10.1 Å². The van der Waals surface area contributed by atoms with E-state index in [2.05, 4.69) is 5.10 Å². The molecule has 1 aromatic carbocycles. The lowest BCUT2D eigenvalue weighted by atomic mass is 10.1. The third kappa shape index (κ3) is 3.58. The Hall–Kier alpha value is -1.95. The lowest BCUT2D eigenvalue weighted by molar-refractivity contribution is -0.385. The summed E-state index contributed by atoms with van der Waals surface area (Å²) in [4.78, 5) is 10.6. The summed E-state index contributed by atoms with van der Waals surface area (Å²) in [7, 11) is 0. The van der Waals surface area contributed by atoms with Crippen LogP contribution in [-0.4, -0.2) is 14.7 Å². The molecule has 0 fully saturated rings. The Morgan fingerprint density at radius 1 is 1.48 bits per heavy atom. The van der Waals surface area contributed by atoms with Crippen LogP contribution in [0.2, 0.25) is 5.15 Å². The van der Waals surface area contributed by atoms with Gasteiger partial charge in [-0.15, -0.1) is 0 Å². The predicted molar refractivity (Wildman–Crippen MR) is 77.9 cm³/mol. The van der Waals surface area contributed by atoms with Gasteiger partial charge in [0.2, 0.25) is 5.15 Å². The van der Waals surface area contributed by atoms with Crippen LogP contribution in [0.25, 0.3) is 0 Å². The maximum atomic E-state index is 13.2. The fourth-order valence-corrected chi connectivity index (χ4v) is 2.37. The lowest BCUT2D eigenvalue weighted by Crippen LogP contribution is -2.03. The smallest absolute Gasteiger partial charge is 0.258 e. The third-order valence-corrected chi connectivity index (χ3v) is 3.32. The zero-order valence-electron chi connectivity index (χ0n) is 11.7. The Labute approximate surface area is 126 Å². The van der Waals surface area contributed by atoms with E-state index in [9.17, 15) is 14.5 Å². The predicted octanol–water partition coefficient (Wildman–Crippen LogP) is 3.83. The normalized spacial score (nSPS) is 11.1. The summed E-state index contributed by atoms with van der Waals surface area (Å²) in [6, 6.07) is 5.98. The van der Waals surface area contributed by atoms with Gasteiger partial charge in [0.25, 0.3) is 0 Å². The van der Waals surface area contributed by atoms with E-state index in [1.165, 1.54) is 16.8 Å². The fraction of sp³-hybridized carbons (Fsp3) is 0.357. The van der Waals surface area contributed by atoms with Crippen molar-refractivity contribution in [3.8, 4) is 0 Å². The van der Waals surface area contributed by atoms with E-state index >= 15 is 0 Å². The highest BCUT2D eigenvalue weighted by atomic mass is 35.5. The average Bonchev–Trinajstić information content (AvgIpc) is 2.65. The van der Waals surface area contributed by atoms with Gasteiger partial charge < -0.3 is 0 Å². The monoisotopic (exact) mass is 311 g/mol. The molecule has 1 heterocycles. The summed E-state index contributed by atoms with van der Waals surface area (Å²) in [6.07, 6.45) is 0.464. The van der Waals surface area contributed by atoms with E-state index in [1.54, 1.807) is 12.1 Å². The van der Waals surface area contributed by atoms with Crippen molar-refractivity contribution in [1.29, 1.82) is 0 Å². The molecule has 0 N–H and O–H groups in total. The second-order valence-electron chi connectivity index (χ2n) is 5.23. The van der Waals surface area contributed by atoms with Crippen molar-refractivity contribution < 1.29 is 9.31 Å². The van der Waals surface area contributed by atoms with E-state index in [4.69, 9.17) is 11.6 Å². The van der Waals surface area contributed by atoms with Crippen LogP contribution in [0.4, 0.5) is 10.1 Å². The molecule has 0 saturated heterocycles. The number of hydrogen-bond donors (Lipinski definition) is 0. The Balaban J connectivity index is 2.38. The SMILES string of the molecule is CC(C)Cc1nn(Cc2cccc(F)c2)c(Cl)c1[N+](=O)[O-]. The van der Waals surface area contributed by atoms with Crippen molar-refractivity contribution in [1.82, 2.24) is 9.78 Å². The molecule has 2 rings (SSSR count). The van der Waals surface area contributed by atoms with Gasteiger partial charge in [-0.25, -0.2) is 9.07 Å². The first-order valence-corrected chi connectivity index (χ1v) is 6.90. The summed E-state index contributed by atoms with van der Waals surface area (Å²) < 4.78 is 14.5. The van der Waals surface area contributed by atoms with Crippen LogP contribution in [0.5, 0.6) is 0 Å². The van der Waals surface area contributed by atoms with Crippen molar-refractivity contribution >= 4 is 17.3 Å². The quantitative estimate of drug-likeness (QED) is 0.622. The van der Waals surface area contributed by atoms with Crippen LogP contribution >= 0.6 is 11.6 Å². The molecule has 7 heteroatoms. The Morgan fingerprint density at radius 2 is 2.19 bits per heavy atom. The van der Waals surface area contributed by atoms with E-state index < -0.39 is 4.92 Å². The van der Waals surface area contributed by atoms with Gasteiger partial charge in [0.1, 0.15) is 11.5 Å². The van der Waals surface area contributed by atoms with Crippen LogP contribution in [0, 0.1) is 21.8 Å². The molecular formula is C14H15ClFN3O2. The molecule has 0 amide bonds. The standard InChI is InChI=1S/C14H15ClFN3O2/c1-9(2)6-12-13(19(20)21)14(15)18(17-12)8-10-4-3-5-11(16)7-10/h3-5,7,9H,6,8H2,1-2H3. The summed E-state index contributed by atoms with van der Waals surface area (Å²) in [6.45, 7) is 4.09. The Kier molecular flexibility index (Phi) is 4.57. The van der Waals surface area contributed by atoms with Gasteiger partial charge >= 0.3 is 5.69 Å². The maximum absolute atomic E-state index is 13.2. The summed E-state index contributed by atoms with van der Waals surface area (Å²) in [5.41, 5.74) is 0.837. The molecular weight excluding hydrogens is 297 g/mol. The zero-order chi connectivity index (χ0) is 15.6. The Bertz CT molecular complexity index is 670. The molecule has 0 unspecified atom stereocenters. The molecule has 21 heavy (non-hydrogen) atoms. The lowest BCUT2D eigenvalue weighted by Gasteiger charge is -2.03. The molecule has 112 valence electrons. The van der Waals surface area contributed by atoms with E-state index in [0.717, 1.165) is 0 Å². The number of hydrogen-bond acceptors (Lipinski definition) is 3. The number of aromatic nitrogens is 2. The number of halogens is 2. The molecule has 0 radical (unpaired) electrons. The molecule has 1 aromatic heterocycles. The van der Waals surface area contributed by atoms with Gasteiger partial charge in [-0.2, -0.15) is 5.10 Å². The molecule has 0 aliphatic carbocycles. The van der Waals surface area contributed by atoms with E-state index in [-0.39, 0.29) is 29.1 Å². The molecule has 0 spiro atoms. The maximum Gasteiger partial charge on any atom is 0.329 e. The number of nitrogens with zero attached hydrogens (tertiary/aromatic N) is 3. The highest BCUT2D eigenvalue weighted by Gasteiger charge is 2.26. The number of nitro groups is 1. The van der Waals surface area contributed by atoms with Crippen molar-refractivity contribution in [3.05, 3.63) is 56.6 Å². The largest absolute Gasteiger partial charge is 0.329 e. The van der Waals surface area contributed by atoms with Crippen molar-refractivity contribution in [2.75, 3.05) is 0 Å². The minimum absolute atomic E-state index is 0.0279. The van der Waals surface area contributed by atoms with Crippen LogP contribution in [0.3, 0.4) is 0 Å². The van der Waals surface area contributed by atoms with Crippen molar-refractivity contribution in [2.45, 2.75) is 26.8 Å². The van der Waals surface area contributed by atoms with Crippen LogP contribution in [0.1, 0.15) is 25.1 Å². The average molecular weight is 312 g/mol. The van der Waals surface area contributed by atoms with Gasteiger partial charge in [-0.1, -0.05) is 37.6 Å². The summed E-state index contributed by atoms with van der Waals surface area (Å²) >= 11 is 6.06. The molecule has 2 aromatic rings. The molecule has 0 bridgehead atoms. The van der Waals surface area contributed by atoms with E-state index in [1.807, 2.05) is 13.8 Å². The fourth-order valence-electron chi connectivity index (χ4n) is 2.10. The van der Waals surface area contributed by atoms with Crippen molar-refractivity contribution in [2.24, 2.45) is 5.92 Å². The first-order chi connectivity index (χ1) is 9.88.